The third-order valence-corrected chi connectivity index (χ3v) is 3.67. The highest BCUT2D eigenvalue weighted by molar-refractivity contribution is 5.92. The van der Waals surface area contributed by atoms with Gasteiger partial charge in [0, 0.05) is 25.3 Å². The van der Waals surface area contributed by atoms with Gasteiger partial charge in [0.2, 0.25) is 0 Å². The quantitative estimate of drug-likeness (QED) is 0.715. The molecule has 0 unspecified atom stereocenters. The minimum atomic E-state index is -0.172. The van der Waals surface area contributed by atoms with Gasteiger partial charge in [0.25, 0.3) is 5.91 Å². The maximum Gasteiger partial charge on any atom is 0.272 e. The summed E-state index contributed by atoms with van der Waals surface area (Å²) >= 11 is 0. The molecular weight excluding hydrogens is 304 g/mol. The van der Waals surface area contributed by atoms with Gasteiger partial charge < -0.3 is 9.88 Å². The summed E-state index contributed by atoms with van der Waals surface area (Å²) in [5.74, 6) is -0.172. The Morgan fingerprint density at radius 1 is 1.17 bits per heavy atom. The first-order chi connectivity index (χ1) is 11.7. The SMILES string of the molecule is C[C@@H](Cn1cnnc1)NC(=O)c1ccn(CCc2ccccc2)n1. The molecule has 7 nitrogen and oxygen atoms in total. The molecule has 0 aliphatic heterocycles. The van der Waals surface area contributed by atoms with Gasteiger partial charge in [0.05, 0.1) is 0 Å². The first kappa shape index (κ1) is 15.9. The zero-order valence-corrected chi connectivity index (χ0v) is 13.5. The maximum absolute atomic E-state index is 12.2. The van der Waals surface area contributed by atoms with Crippen molar-refractivity contribution in [3.63, 3.8) is 0 Å². The predicted octanol–water partition coefficient (Wildman–Crippen LogP) is 1.54. The minimum absolute atomic E-state index is 0.0389. The number of hydrogen-bond donors (Lipinski definition) is 1. The summed E-state index contributed by atoms with van der Waals surface area (Å²) in [7, 11) is 0. The molecule has 124 valence electrons. The largest absolute Gasteiger partial charge is 0.346 e. The number of amides is 1. The Kier molecular flexibility index (Phi) is 5.00. The molecule has 3 aromatic rings. The number of carbonyl (C=O) groups excluding carboxylic acids is 1. The van der Waals surface area contributed by atoms with E-state index in [0.717, 1.165) is 13.0 Å². The summed E-state index contributed by atoms with van der Waals surface area (Å²) in [5, 5.41) is 14.8. The van der Waals surface area contributed by atoms with Crippen molar-refractivity contribution in [3.8, 4) is 0 Å². The number of aromatic nitrogens is 5. The third-order valence-electron chi connectivity index (χ3n) is 3.67. The van der Waals surface area contributed by atoms with E-state index in [1.165, 1.54) is 5.56 Å². The second kappa shape index (κ2) is 7.54. The summed E-state index contributed by atoms with van der Waals surface area (Å²) in [5.41, 5.74) is 1.68. The monoisotopic (exact) mass is 324 g/mol. The molecule has 24 heavy (non-hydrogen) atoms. The molecule has 2 aromatic heterocycles. The van der Waals surface area contributed by atoms with Crippen LogP contribution >= 0.6 is 0 Å². The van der Waals surface area contributed by atoms with Crippen LogP contribution in [0, 0.1) is 0 Å². The summed E-state index contributed by atoms with van der Waals surface area (Å²) in [6.07, 6.45) is 5.97. The normalized spacial score (nSPS) is 12.0. The summed E-state index contributed by atoms with van der Waals surface area (Å²) in [4.78, 5) is 12.2. The van der Waals surface area contributed by atoms with Crippen LogP contribution in [0.5, 0.6) is 0 Å². The van der Waals surface area contributed by atoms with Crippen molar-refractivity contribution in [2.24, 2.45) is 0 Å². The first-order valence-electron chi connectivity index (χ1n) is 7.91. The van der Waals surface area contributed by atoms with Crippen molar-refractivity contribution in [2.45, 2.75) is 32.5 Å². The number of rotatable bonds is 7. The van der Waals surface area contributed by atoms with Crippen molar-refractivity contribution < 1.29 is 4.79 Å². The molecule has 1 amide bonds. The van der Waals surface area contributed by atoms with E-state index in [9.17, 15) is 4.79 Å². The molecule has 0 spiro atoms. The Morgan fingerprint density at radius 3 is 2.67 bits per heavy atom. The van der Waals surface area contributed by atoms with E-state index in [4.69, 9.17) is 0 Å². The molecule has 0 radical (unpaired) electrons. The average Bonchev–Trinajstić information content (AvgIpc) is 3.25. The molecule has 3 rings (SSSR count). The first-order valence-corrected chi connectivity index (χ1v) is 7.91. The second-order valence-electron chi connectivity index (χ2n) is 5.73. The van der Waals surface area contributed by atoms with Gasteiger partial charge in [0.1, 0.15) is 18.3 Å². The highest BCUT2D eigenvalue weighted by Crippen LogP contribution is 2.03. The van der Waals surface area contributed by atoms with Crippen LogP contribution in [0.1, 0.15) is 23.0 Å². The van der Waals surface area contributed by atoms with E-state index in [-0.39, 0.29) is 11.9 Å². The predicted molar refractivity (Wildman–Crippen MR) is 89.3 cm³/mol. The Bertz CT molecular complexity index is 766. The van der Waals surface area contributed by atoms with Crippen LogP contribution in [-0.2, 0) is 19.5 Å². The number of benzene rings is 1. The highest BCUT2D eigenvalue weighted by atomic mass is 16.2. The van der Waals surface area contributed by atoms with E-state index < -0.39 is 0 Å². The van der Waals surface area contributed by atoms with Crippen LogP contribution in [-0.4, -0.2) is 36.5 Å². The lowest BCUT2D eigenvalue weighted by molar-refractivity contribution is 0.0930. The van der Waals surface area contributed by atoms with Gasteiger partial charge in [-0.15, -0.1) is 10.2 Å². The smallest absolute Gasteiger partial charge is 0.272 e. The Hall–Kier alpha value is -2.96. The van der Waals surface area contributed by atoms with Gasteiger partial charge in [0.15, 0.2) is 0 Å². The fourth-order valence-electron chi connectivity index (χ4n) is 2.47. The fraction of sp³-hybridized carbons (Fsp3) is 0.294. The van der Waals surface area contributed by atoms with Crippen LogP contribution in [0.25, 0.3) is 0 Å². The number of nitrogens with one attached hydrogen (secondary N) is 1. The van der Waals surface area contributed by atoms with Crippen LogP contribution in [0.3, 0.4) is 0 Å². The number of carbonyl (C=O) groups is 1. The number of aryl methyl sites for hydroxylation is 2. The van der Waals surface area contributed by atoms with Crippen molar-refractivity contribution >= 4 is 5.91 Å². The molecule has 0 bridgehead atoms. The molecule has 2 heterocycles. The van der Waals surface area contributed by atoms with Crippen molar-refractivity contribution in [1.29, 1.82) is 0 Å². The molecule has 0 fully saturated rings. The standard InChI is InChI=1S/C17H20N6O/c1-14(11-22-12-18-19-13-22)20-17(24)16-8-10-23(21-16)9-7-15-5-3-2-4-6-15/h2-6,8,10,12-14H,7,9,11H2,1H3,(H,20,24)/t14-/m0/s1. The van der Waals surface area contributed by atoms with E-state index >= 15 is 0 Å². The van der Waals surface area contributed by atoms with Gasteiger partial charge in [-0.05, 0) is 25.0 Å². The lowest BCUT2D eigenvalue weighted by atomic mass is 10.2. The van der Waals surface area contributed by atoms with E-state index in [2.05, 4.69) is 32.7 Å². The van der Waals surface area contributed by atoms with Crippen LogP contribution in [0.4, 0.5) is 0 Å². The molecule has 1 aromatic carbocycles. The average molecular weight is 324 g/mol. The molecular formula is C17H20N6O. The molecule has 7 heteroatoms. The van der Waals surface area contributed by atoms with E-state index in [0.29, 0.717) is 12.2 Å². The summed E-state index contributed by atoms with van der Waals surface area (Å²) < 4.78 is 3.62. The molecule has 0 aliphatic carbocycles. The van der Waals surface area contributed by atoms with Gasteiger partial charge in [-0.2, -0.15) is 5.10 Å². The molecule has 0 aliphatic rings. The topological polar surface area (TPSA) is 77.6 Å². The Balaban J connectivity index is 1.51. The van der Waals surface area contributed by atoms with Crippen LogP contribution < -0.4 is 5.32 Å². The van der Waals surface area contributed by atoms with Gasteiger partial charge in [-0.3, -0.25) is 9.48 Å². The van der Waals surface area contributed by atoms with E-state index in [1.54, 1.807) is 23.4 Å². The number of hydrogen-bond acceptors (Lipinski definition) is 4. The fourth-order valence-corrected chi connectivity index (χ4v) is 2.47. The highest BCUT2D eigenvalue weighted by Gasteiger charge is 2.13. The number of nitrogens with zero attached hydrogens (tertiary/aromatic N) is 5. The van der Waals surface area contributed by atoms with Crippen LogP contribution in [0.15, 0.2) is 55.2 Å². The maximum atomic E-state index is 12.2. The summed E-state index contributed by atoms with van der Waals surface area (Å²) in [6.45, 7) is 3.30. The lowest BCUT2D eigenvalue weighted by Crippen LogP contribution is -2.35. The van der Waals surface area contributed by atoms with Crippen molar-refractivity contribution in [2.75, 3.05) is 0 Å². The van der Waals surface area contributed by atoms with Crippen molar-refractivity contribution in [1.82, 2.24) is 29.9 Å². The van der Waals surface area contributed by atoms with Crippen molar-refractivity contribution in [3.05, 3.63) is 66.5 Å². The van der Waals surface area contributed by atoms with Crippen LogP contribution in [0.2, 0.25) is 0 Å². The van der Waals surface area contributed by atoms with Gasteiger partial charge >= 0.3 is 0 Å². The molecule has 1 atom stereocenters. The third kappa shape index (κ3) is 4.28. The Morgan fingerprint density at radius 2 is 1.92 bits per heavy atom. The van der Waals surface area contributed by atoms with Gasteiger partial charge in [-0.25, -0.2) is 0 Å². The minimum Gasteiger partial charge on any atom is -0.346 e. The van der Waals surface area contributed by atoms with Gasteiger partial charge in [-0.1, -0.05) is 30.3 Å². The Labute approximate surface area is 140 Å². The molecule has 0 saturated heterocycles. The second-order valence-corrected chi connectivity index (χ2v) is 5.73. The zero-order chi connectivity index (χ0) is 16.8. The van der Waals surface area contributed by atoms with E-state index in [1.807, 2.05) is 35.9 Å². The summed E-state index contributed by atoms with van der Waals surface area (Å²) in [6, 6.07) is 11.9. The lowest BCUT2D eigenvalue weighted by Gasteiger charge is -2.12. The molecule has 1 N–H and O–H groups in total. The zero-order valence-electron chi connectivity index (χ0n) is 13.5. The molecule has 0 saturated carbocycles.